The maximum atomic E-state index is 13.4. The molecule has 0 radical (unpaired) electrons. The summed E-state index contributed by atoms with van der Waals surface area (Å²) in [4.78, 5) is 17.2. The Balaban J connectivity index is 1.38. The number of carbonyl (C=O) groups excluding carboxylic acids is 1. The lowest BCUT2D eigenvalue weighted by Gasteiger charge is -2.39. The lowest BCUT2D eigenvalue weighted by atomic mass is 9.84. The van der Waals surface area contributed by atoms with Crippen molar-refractivity contribution in [3.8, 4) is 0 Å². The molecule has 2 saturated heterocycles. The molecule has 2 nitrogen and oxygen atoms in total. The van der Waals surface area contributed by atoms with E-state index in [4.69, 9.17) is 0 Å². The van der Waals surface area contributed by atoms with Gasteiger partial charge in [0.2, 0.25) is 0 Å². The zero-order valence-electron chi connectivity index (χ0n) is 15.5. The standard InChI is InChI=1S/C23H27NOS/c1-15-6-8-16(9-7-15)17-12-18-10-11-19(13-17)24(18)23(25)21-14-26-22-5-3-2-4-20(21)22/h6-9,14,17-19H,2-5,10-13H2,1H3/t17?,18-,19+. The van der Waals surface area contributed by atoms with Crippen LogP contribution in [0.4, 0.5) is 0 Å². The summed E-state index contributed by atoms with van der Waals surface area (Å²) >= 11 is 1.82. The molecule has 0 N–H and O–H groups in total. The van der Waals surface area contributed by atoms with Crippen molar-refractivity contribution in [2.24, 2.45) is 0 Å². The Bertz CT molecular complexity index is 807. The Morgan fingerprint density at radius 3 is 2.46 bits per heavy atom. The molecule has 2 fully saturated rings. The van der Waals surface area contributed by atoms with Crippen LogP contribution in [0.1, 0.15) is 76.4 Å². The molecular formula is C23H27NOS. The van der Waals surface area contributed by atoms with Crippen LogP contribution in [0, 0.1) is 6.92 Å². The number of aryl methyl sites for hydroxylation is 2. The van der Waals surface area contributed by atoms with E-state index in [1.54, 1.807) is 0 Å². The summed E-state index contributed by atoms with van der Waals surface area (Å²) < 4.78 is 0. The Kier molecular flexibility index (Phi) is 4.16. The Hall–Kier alpha value is -1.61. The average Bonchev–Trinajstić information content (AvgIpc) is 3.20. The number of carbonyl (C=O) groups is 1. The largest absolute Gasteiger partial charge is 0.333 e. The van der Waals surface area contributed by atoms with Crippen LogP contribution in [0.3, 0.4) is 0 Å². The Morgan fingerprint density at radius 1 is 1.04 bits per heavy atom. The van der Waals surface area contributed by atoms with Crippen molar-refractivity contribution in [2.45, 2.75) is 76.3 Å². The topological polar surface area (TPSA) is 20.3 Å². The van der Waals surface area contributed by atoms with E-state index < -0.39 is 0 Å². The number of piperidine rings is 1. The summed E-state index contributed by atoms with van der Waals surface area (Å²) in [7, 11) is 0. The minimum absolute atomic E-state index is 0.333. The maximum absolute atomic E-state index is 13.4. The molecule has 3 heterocycles. The van der Waals surface area contributed by atoms with Crippen LogP contribution in [0.5, 0.6) is 0 Å². The summed E-state index contributed by atoms with van der Waals surface area (Å²) in [5.74, 6) is 0.952. The highest BCUT2D eigenvalue weighted by Gasteiger charge is 2.44. The SMILES string of the molecule is Cc1ccc(C2C[C@H]3CC[C@@H](C2)N3C(=O)c2csc3c2CCCC3)cc1. The van der Waals surface area contributed by atoms with Gasteiger partial charge in [0.25, 0.3) is 5.91 Å². The number of benzene rings is 1. The predicted molar refractivity (Wildman–Crippen MR) is 107 cm³/mol. The fourth-order valence-electron chi connectivity index (χ4n) is 5.43. The Labute approximate surface area is 160 Å². The van der Waals surface area contributed by atoms with Crippen molar-refractivity contribution in [2.75, 3.05) is 0 Å². The van der Waals surface area contributed by atoms with Crippen molar-refractivity contribution in [3.63, 3.8) is 0 Å². The van der Waals surface area contributed by atoms with E-state index >= 15 is 0 Å². The molecule has 5 rings (SSSR count). The number of fused-ring (bicyclic) bond motifs is 3. The third-order valence-electron chi connectivity index (χ3n) is 6.81. The molecule has 136 valence electrons. The van der Waals surface area contributed by atoms with Gasteiger partial charge in [-0.25, -0.2) is 0 Å². The van der Waals surface area contributed by atoms with Crippen molar-refractivity contribution in [1.82, 2.24) is 4.90 Å². The highest BCUT2D eigenvalue weighted by atomic mass is 32.1. The maximum Gasteiger partial charge on any atom is 0.255 e. The third-order valence-corrected chi connectivity index (χ3v) is 7.90. The van der Waals surface area contributed by atoms with Crippen molar-refractivity contribution < 1.29 is 4.79 Å². The first-order valence-electron chi connectivity index (χ1n) is 10.2. The lowest BCUT2D eigenvalue weighted by molar-refractivity contribution is 0.0570. The fraction of sp³-hybridized carbons (Fsp3) is 0.522. The fourth-order valence-corrected chi connectivity index (χ4v) is 6.55. The Morgan fingerprint density at radius 2 is 1.73 bits per heavy atom. The number of thiophene rings is 1. The van der Waals surface area contributed by atoms with Gasteiger partial charge in [-0.2, -0.15) is 0 Å². The van der Waals surface area contributed by atoms with Crippen molar-refractivity contribution >= 4 is 17.2 Å². The van der Waals surface area contributed by atoms with Gasteiger partial charge in [-0.05, 0) is 75.3 Å². The van der Waals surface area contributed by atoms with Crippen LogP contribution in [-0.2, 0) is 12.8 Å². The second-order valence-electron chi connectivity index (χ2n) is 8.43. The quantitative estimate of drug-likeness (QED) is 0.689. The first kappa shape index (κ1) is 16.6. The van der Waals surface area contributed by atoms with E-state index in [-0.39, 0.29) is 0 Å². The van der Waals surface area contributed by atoms with E-state index in [1.807, 2.05) is 11.3 Å². The normalized spacial score (nSPS) is 27.4. The minimum Gasteiger partial charge on any atom is -0.333 e. The van der Waals surface area contributed by atoms with Crippen LogP contribution in [0.25, 0.3) is 0 Å². The summed E-state index contributed by atoms with van der Waals surface area (Å²) in [6.07, 6.45) is 9.46. The summed E-state index contributed by atoms with van der Waals surface area (Å²) in [5.41, 5.74) is 5.21. The van der Waals surface area contributed by atoms with Gasteiger partial charge >= 0.3 is 0 Å². The van der Waals surface area contributed by atoms with Crippen LogP contribution in [0.15, 0.2) is 29.6 Å². The molecule has 2 aromatic rings. The number of rotatable bonds is 2. The highest BCUT2D eigenvalue weighted by Crippen LogP contribution is 2.44. The molecule has 1 unspecified atom stereocenters. The van der Waals surface area contributed by atoms with Gasteiger partial charge < -0.3 is 4.90 Å². The van der Waals surface area contributed by atoms with E-state index in [0.29, 0.717) is 23.9 Å². The van der Waals surface area contributed by atoms with E-state index in [1.165, 1.54) is 53.7 Å². The minimum atomic E-state index is 0.333. The van der Waals surface area contributed by atoms with Gasteiger partial charge in [0.1, 0.15) is 0 Å². The smallest absolute Gasteiger partial charge is 0.255 e. The summed E-state index contributed by atoms with van der Waals surface area (Å²) in [6, 6.07) is 9.93. The molecule has 1 aromatic heterocycles. The van der Waals surface area contributed by atoms with Gasteiger partial charge in [-0.3, -0.25) is 4.79 Å². The number of hydrogen-bond acceptors (Lipinski definition) is 2. The second-order valence-corrected chi connectivity index (χ2v) is 9.40. The van der Waals surface area contributed by atoms with Crippen LogP contribution < -0.4 is 0 Å². The number of hydrogen-bond donors (Lipinski definition) is 0. The molecule has 0 saturated carbocycles. The van der Waals surface area contributed by atoms with Crippen LogP contribution in [0.2, 0.25) is 0 Å². The molecule has 2 bridgehead atoms. The molecule has 3 aliphatic rings. The van der Waals surface area contributed by atoms with Crippen LogP contribution in [-0.4, -0.2) is 22.9 Å². The van der Waals surface area contributed by atoms with Crippen LogP contribution >= 0.6 is 11.3 Å². The molecule has 1 amide bonds. The van der Waals surface area contributed by atoms with Gasteiger partial charge in [0.15, 0.2) is 0 Å². The molecule has 3 atom stereocenters. The first-order chi connectivity index (χ1) is 12.7. The molecular weight excluding hydrogens is 338 g/mol. The predicted octanol–water partition coefficient (Wildman–Crippen LogP) is 5.49. The molecule has 26 heavy (non-hydrogen) atoms. The van der Waals surface area contributed by atoms with Gasteiger partial charge in [-0.1, -0.05) is 29.8 Å². The van der Waals surface area contributed by atoms with Crippen molar-refractivity contribution in [1.29, 1.82) is 0 Å². The van der Waals surface area contributed by atoms with Gasteiger partial charge in [0, 0.05) is 22.3 Å². The molecule has 1 aliphatic carbocycles. The average molecular weight is 366 g/mol. The zero-order valence-corrected chi connectivity index (χ0v) is 16.4. The van der Waals surface area contributed by atoms with E-state index in [2.05, 4.69) is 41.5 Å². The number of nitrogens with zero attached hydrogens (tertiary/aromatic N) is 1. The van der Waals surface area contributed by atoms with Gasteiger partial charge in [-0.15, -0.1) is 11.3 Å². The molecule has 3 heteroatoms. The molecule has 2 aliphatic heterocycles. The summed E-state index contributed by atoms with van der Waals surface area (Å²) in [5, 5.41) is 2.16. The third kappa shape index (κ3) is 2.72. The highest BCUT2D eigenvalue weighted by molar-refractivity contribution is 7.10. The molecule has 1 aromatic carbocycles. The molecule has 0 spiro atoms. The first-order valence-corrected chi connectivity index (χ1v) is 11.1. The van der Waals surface area contributed by atoms with Crippen molar-refractivity contribution in [3.05, 3.63) is 56.8 Å². The van der Waals surface area contributed by atoms with Gasteiger partial charge in [0.05, 0.1) is 5.56 Å². The van der Waals surface area contributed by atoms with E-state index in [9.17, 15) is 4.79 Å². The van der Waals surface area contributed by atoms with E-state index in [0.717, 1.165) is 24.8 Å². The lowest BCUT2D eigenvalue weighted by Crippen LogP contribution is -2.46. The zero-order chi connectivity index (χ0) is 17.7. The summed E-state index contributed by atoms with van der Waals surface area (Å²) in [6.45, 7) is 2.15. The monoisotopic (exact) mass is 365 g/mol. The number of amides is 1. The second kappa shape index (κ2) is 6.53.